The molecule has 0 aromatic heterocycles. The van der Waals surface area contributed by atoms with Crippen LogP contribution in [0.15, 0.2) is 29.4 Å². The average Bonchev–Trinajstić information content (AvgIpc) is 2.43. The largest absolute Gasteiger partial charge is 0.497 e. The summed E-state index contributed by atoms with van der Waals surface area (Å²) < 4.78 is 5.13. The lowest BCUT2D eigenvalue weighted by Crippen LogP contribution is -2.39. The van der Waals surface area contributed by atoms with E-state index in [-0.39, 0.29) is 5.84 Å². The fourth-order valence-corrected chi connectivity index (χ4v) is 1.82. The van der Waals surface area contributed by atoms with Gasteiger partial charge in [0.15, 0.2) is 5.84 Å². The molecule has 3 N–H and O–H groups in total. The van der Waals surface area contributed by atoms with Gasteiger partial charge < -0.3 is 15.7 Å². The van der Waals surface area contributed by atoms with Gasteiger partial charge >= 0.3 is 0 Å². The molecule has 0 unspecified atom stereocenters. The first kappa shape index (κ1) is 15.3. The summed E-state index contributed by atoms with van der Waals surface area (Å²) in [6, 6.07) is 8.37. The van der Waals surface area contributed by atoms with E-state index in [0.29, 0.717) is 12.6 Å². The molecule has 106 valence electrons. The molecule has 0 saturated heterocycles. The highest BCUT2D eigenvalue weighted by molar-refractivity contribution is 5.81. The minimum atomic E-state index is 0.239. The topological polar surface area (TPSA) is 71.1 Å². The van der Waals surface area contributed by atoms with E-state index < -0.39 is 0 Å². The van der Waals surface area contributed by atoms with E-state index in [0.717, 1.165) is 18.7 Å². The number of rotatable bonds is 7. The molecule has 0 aliphatic carbocycles. The third-order valence-electron chi connectivity index (χ3n) is 3.07. The number of hydrogen-bond donors (Lipinski definition) is 2. The van der Waals surface area contributed by atoms with Crippen LogP contribution in [0.4, 0.5) is 0 Å². The normalized spacial score (nSPS) is 12.2. The van der Waals surface area contributed by atoms with Crippen LogP contribution in [0.25, 0.3) is 0 Å². The molecule has 0 atom stereocenters. The van der Waals surface area contributed by atoms with E-state index in [1.165, 1.54) is 5.56 Å². The molecule has 1 rings (SSSR count). The molecule has 1 aromatic carbocycles. The van der Waals surface area contributed by atoms with Crippen molar-refractivity contribution in [3.05, 3.63) is 29.8 Å². The number of ether oxygens (including phenoxy) is 1. The maximum atomic E-state index is 8.63. The van der Waals surface area contributed by atoms with Crippen LogP contribution in [-0.2, 0) is 6.42 Å². The SMILES string of the molecule is COc1ccc(CCN(CC(N)=NO)C(C)C)cc1. The highest BCUT2D eigenvalue weighted by Crippen LogP contribution is 2.12. The van der Waals surface area contributed by atoms with Gasteiger partial charge in [-0.05, 0) is 38.0 Å². The van der Waals surface area contributed by atoms with Gasteiger partial charge in [-0.3, -0.25) is 4.90 Å². The number of amidine groups is 1. The second-order valence-corrected chi connectivity index (χ2v) is 4.75. The first-order valence-corrected chi connectivity index (χ1v) is 6.40. The van der Waals surface area contributed by atoms with E-state index in [9.17, 15) is 0 Å². The first-order valence-electron chi connectivity index (χ1n) is 6.40. The highest BCUT2D eigenvalue weighted by Gasteiger charge is 2.11. The number of nitrogens with zero attached hydrogens (tertiary/aromatic N) is 2. The summed E-state index contributed by atoms with van der Waals surface area (Å²) in [5.74, 6) is 1.10. The van der Waals surface area contributed by atoms with Crippen LogP contribution in [0.5, 0.6) is 5.75 Å². The Morgan fingerprint density at radius 2 is 2.00 bits per heavy atom. The molecule has 0 fully saturated rings. The van der Waals surface area contributed by atoms with Gasteiger partial charge in [-0.1, -0.05) is 17.3 Å². The van der Waals surface area contributed by atoms with Gasteiger partial charge in [-0.15, -0.1) is 0 Å². The lowest BCUT2D eigenvalue weighted by molar-refractivity contribution is 0.249. The minimum Gasteiger partial charge on any atom is -0.497 e. The third kappa shape index (κ3) is 5.18. The zero-order valence-electron chi connectivity index (χ0n) is 11.8. The van der Waals surface area contributed by atoms with Crippen LogP contribution in [0.3, 0.4) is 0 Å². The predicted molar refractivity (Wildman–Crippen MR) is 76.8 cm³/mol. The zero-order chi connectivity index (χ0) is 14.3. The molecule has 5 heteroatoms. The van der Waals surface area contributed by atoms with Crippen molar-refractivity contribution in [3.63, 3.8) is 0 Å². The van der Waals surface area contributed by atoms with Gasteiger partial charge in [0.1, 0.15) is 5.75 Å². The van der Waals surface area contributed by atoms with Crippen molar-refractivity contribution in [3.8, 4) is 5.75 Å². The Morgan fingerprint density at radius 3 is 2.47 bits per heavy atom. The summed E-state index contributed by atoms with van der Waals surface area (Å²) in [6.45, 7) is 5.53. The highest BCUT2D eigenvalue weighted by atomic mass is 16.5. The number of methoxy groups -OCH3 is 1. The van der Waals surface area contributed by atoms with Crippen LogP contribution in [-0.4, -0.2) is 42.2 Å². The summed E-state index contributed by atoms with van der Waals surface area (Å²) in [5.41, 5.74) is 6.80. The predicted octanol–water partition coefficient (Wildman–Crippen LogP) is 1.69. The quantitative estimate of drug-likeness (QED) is 0.341. The van der Waals surface area contributed by atoms with E-state index in [4.69, 9.17) is 15.7 Å². The maximum absolute atomic E-state index is 8.63. The van der Waals surface area contributed by atoms with Gasteiger partial charge in [0.05, 0.1) is 13.7 Å². The van der Waals surface area contributed by atoms with Crippen LogP contribution >= 0.6 is 0 Å². The van der Waals surface area contributed by atoms with Crippen molar-refractivity contribution >= 4 is 5.84 Å². The van der Waals surface area contributed by atoms with E-state index in [1.807, 2.05) is 12.1 Å². The van der Waals surface area contributed by atoms with Crippen molar-refractivity contribution in [1.29, 1.82) is 0 Å². The smallest absolute Gasteiger partial charge is 0.153 e. The van der Waals surface area contributed by atoms with Crippen molar-refractivity contribution in [2.75, 3.05) is 20.2 Å². The summed E-state index contributed by atoms with van der Waals surface area (Å²) >= 11 is 0. The first-order chi connectivity index (χ1) is 9.06. The van der Waals surface area contributed by atoms with E-state index in [2.05, 4.69) is 36.0 Å². The van der Waals surface area contributed by atoms with Crippen LogP contribution < -0.4 is 10.5 Å². The summed E-state index contributed by atoms with van der Waals surface area (Å²) in [5, 5.41) is 11.7. The van der Waals surface area contributed by atoms with Crippen LogP contribution in [0, 0.1) is 0 Å². The monoisotopic (exact) mass is 265 g/mol. The Balaban J connectivity index is 2.55. The Labute approximate surface area is 114 Å². The van der Waals surface area contributed by atoms with Crippen molar-refractivity contribution in [2.24, 2.45) is 10.9 Å². The fraction of sp³-hybridized carbons (Fsp3) is 0.500. The molecule has 0 aliphatic heterocycles. The van der Waals surface area contributed by atoms with Gasteiger partial charge in [-0.25, -0.2) is 0 Å². The number of hydrogen-bond acceptors (Lipinski definition) is 4. The molecule has 19 heavy (non-hydrogen) atoms. The standard InChI is InChI=1S/C14H23N3O2/c1-11(2)17(10-14(15)16-18)9-8-12-4-6-13(19-3)7-5-12/h4-7,11,18H,8-10H2,1-3H3,(H2,15,16). The fourth-order valence-electron chi connectivity index (χ4n) is 1.82. The number of oxime groups is 1. The van der Waals surface area contributed by atoms with Crippen molar-refractivity contribution in [2.45, 2.75) is 26.3 Å². The minimum absolute atomic E-state index is 0.239. The summed E-state index contributed by atoms with van der Waals surface area (Å²) in [6.07, 6.45) is 0.918. The molecule has 0 spiro atoms. The second kappa shape index (κ2) is 7.63. The zero-order valence-corrected chi connectivity index (χ0v) is 11.8. The Kier molecular flexibility index (Phi) is 6.15. The van der Waals surface area contributed by atoms with E-state index in [1.54, 1.807) is 7.11 Å². The second-order valence-electron chi connectivity index (χ2n) is 4.75. The van der Waals surface area contributed by atoms with Crippen LogP contribution in [0.2, 0.25) is 0 Å². The molecule has 0 aliphatic rings. The van der Waals surface area contributed by atoms with E-state index >= 15 is 0 Å². The molecular formula is C14H23N3O2. The van der Waals surface area contributed by atoms with Crippen molar-refractivity contribution < 1.29 is 9.94 Å². The number of benzene rings is 1. The molecule has 5 nitrogen and oxygen atoms in total. The average molecular weight is 265 g/mol. The molecule has 0 heterocycles. The van der Waals surface area contributed by atoms with Gasteiger partial charge in [-0.2, -0.15) is 0 Å². The molecule has 0 amide bonds. The summed E-state index contributed by atoms with van der Waals surface area (Å²) in [4.78, 5) is 2.17. The molecule has 1 aromatic rings. The lowest BCUT2D eigenvalue weighted by atomic mass is 10.1. The molecule has 0 saturated carbocycles. The van der Waals surface area contributed by atoms with Gasteiger partial charge in [0.25, 0.3) is 0 Å². The Hall–Kier alpha value is -1.75. The van der Waals surface area contributed by atoms with Gasteiger partial charge in [0.2, 0.25) is 0 Å². The molecule has 0 bridgehead atoms. The van der Waals surface area contributed by atoms with Crippen molar-refractivity contribution in [1.82, 2.24) is 4.90 Å². The van der Waals surface area contributed by atoms with Crippen LogP contribution in [0.1, 0.15) is 19.4 Å². The van der Waals surface area contributed by atoms with Gasteiger partial charge in [0, 0.05) is 12.6 Å². The Bertz CT molecular complexity index is 402. The maximum Gasteiger partial charge on any atom is 0.153 e. The Morgan fingerprint density at radius 1 is 1.37 bits per heavy atom. The number of nitrogens with two attached hydrogens (primary N) is 1. The lowest BCUT2D eigenvalue weighted by Gasteiger charge is -2.25. The molecule has 0 radical (unpaired) electrons. The molecular weight excluding hydrogens is 242 g/mol. The third-order valence-corrected chi connectivity index (χ3v) is 3.07. The summed E-state index contributed by atoms with van der Waals surface area (Å²) in [7, 11) is 1.66.